The molecule has 7 nitrogen and oxygen atoms in total. The van der Waals surface area contributed by atoms with Crippen molar-refractivity contribution in [3.05, 3.63) is 0 Å². The summed E-state index contributed by atoms with van der Waals surface area (Å²) in [6.07, 6.45) is 1.79. The van der Waals surface area contributed by atoms with Gasteiger partial charge in [0.2, 0.25) is 0 Å². The summed E-state index contributed by atoms with van der Waals surface area (Å²) in [6, 6.07) is 3.46. The Morgan fingerprint density at radius 2 is 1.91 bits per heavy atom. The fraction of sp³-hybridized carbons (Fsp3) is 0.688. The third kappa shape index (κ3) is 3.50. The molecular formula is C16H20N2O5. The molecule has 0 N–H and O–H groups in total. The minimum absolute atomic E-state index is 0.0000393. The predicted octanol–water partition coefficient (Wildman–Crippen LogP) is 1.52. The molecule has 124 valence electrons. The zero-order valence-corrected chi connectivity index (χ0v) is 13.3. The third-order valence-corrected chi connectivity index (χ3v) is 4.01. The standard InChI is InChI=1S/C16H20N2O5/c1-3-22-14(20)12(9-17)16(10-18,15(21)23-4-2)11-7-5-6-8-13(11)19/h11-12H,3-8H2,1-2H3/t11-,12+,16-/m1/s1. The molecule has 0 unspecified atom stereocenters. The van der Waals surface area contributed by atoms with E-state index < -0.39 is 29.2 Å². The van der Waals surface area contributed by atoms with Crippen molar-refractivity contribution in [2.45, 2.75) is 39.5 Å². The Morgan fingerprint density at radius 1 is 1.26 bits per heavy atom. The first-order valence-corrected chi connectivity index (χ1v) is 7.66. The van der Waals surface area contributed by atoms with Gasteiger partial charge in [0, 0.05) is 12.3 Å². The van der Waals surface area contributed by atoms with Gasteiger partial charge in [-0.05, 0) is 26.7 Å². The summed E-state index contributed by atoms with van der Waals surface area (Å²) in [5, 5.41) is 19.1. The summed E-state index contributed by atoms with van der Waals surface area (Å²) >= 11 is 0. The van der Waals surface area contributed by atoms with Crippen molar-refractivity contribution in [1.29, 1.82) is 10.5 Å². The number of nitriles is 2. The van der Waals surface area contributed by atoms with Gasteiger partial charge in [0.1, 0.15) is 5.78 Å². The van der Waals surface area contributed by atoms with Crippen LogP contribution in [0.25, 0.3) is 0 Å². The molecule has 0 heterocycles. The van der Waals surface area contributed by atoms with Crippen LogP contribution in [0, 0.1) is 39.9 Å². The Hall–Kier alpha value is -2.41. The van der Waals surface area contributed by atoms with Crippen molar-refractivity contribution in [2.75, 3.05) is 13.2 Å². The molecular weight excluding hydrogens is 300 g/mol. The average Bonchev–Trinajstić information content (AvgIpc) is 2.53. The second kappa shape index (κ2) is 8.28. The topological polar surface area (TPSA) is 117 Å². The molecule has 0 spiro atoms. The van der Waals surface area contributed by atoms with E-state index >= 15 is 0 Å². The largest absolute Gasteiger partial charge is 0.465 e. The number of hydrogen-bond donors (Lipinski definition) is 0. The molecule has 7 heteroatoms. The van der Waals surface area contributed by atoms with Crippen molar-refractivity contribution >= 4 is 17.7 Å². The molecule has 0 aromatic rings. The lowest BCUT2D eigenvalue weighted by Gasteiger charge is -2.35. The molecule has 1 rings (SSSR count). The summed E-state index contributed by atoms with van der Waals surface area (Å²) in [4.78, 5) is 36.9. The highest BCUT2D eigenvalue weighted by molar-refractivity contribution is 5.96. The second-order valence-corrected chi connectivity index (χ2v) is 5.28. The molecule has 0 aromatic carbocycles. The van der Waals surface area contributed by atoms with Gasteiger partial charge in [0.05, 0.1) is 25.4 Å². The van der Waals surface area contributed by atoms with Crippen LogP contribution in [0.2, 0.25) is 0 Å². The Labute approximate surface area is 135 Å². The number of carbonyl (C=O) groups is 3. The highest BCUT2D eigenvalue weighted by Crippen LogP contribution is 2.43. The number of nitrogens with zero attached hydrogens (tertiary/aromatic N) is 2. The van der Waals surface area contributed by atoms with Crippen LogP contribution < -0.4 is 0 Å². The zero-order chi connectivity index (χ0) is 17.5. The van der Waals surface area contributed by atoms with E-state index in [-0.39, 0.29) is 31.8 Å². The fourth-order valence-electron chi connectivity index (χ4n) is 2.93. The second-order valence-electron chi connectivity index (χ2n) is 5.28. The fourth-order valence-corrected chi connectivity index (χ4v) is 2.93. The predicted molar refractivity (Wildman–Crippen MR) is 77.4 cm³/mol. The average molecular weight is 320 g/mol. The molecule has 23 heavy (non-hydrogen) atoms. The molecule has 0 radical (unpaired) electrons. The summed E-state index contributed by atoms with van der Waals surface area (Å²) < 4.78 is 9.76. The Kier molecular flexibility index (Phi) is 6.71. The molecule has 0 bridgehead atoms. The third-order valence-electron chi connectivity index (χ3n) is 4.01. The molecule has 1 aliphatic carbocycles. The van der Waals surface area contributed by atoms with Crippen LogP contribution in [-0.2, 0) is 23.9 Å². The van der Waals surface area contributed by atoms with Gasteiger partial charge in [0.15, 0.2) is 11.3 Å². The minimum atomic E-state index is -2.16. The van der Waals surface area contributed by atoms with Gasteiger partial charge in [0.25, 0.3) is 0 Å². The van der Waals surface area contributed by atoms with E-state index in [0.717, 1.165) is 0 Å². The maximum Gasteiger partial charge on any atom is 0.329 e. The lowest BCUT2D eigenvalue weighted by molar-refractivity contribution is -0.168. The van der Waals surface area contributed by atoms with Gasteiger partial charge in [-0.1, -0.05) is 6.42 Å². The molecule has 1 aliphatic rings. The van der Waals surface area contributed by atoms with E-state index in [1.54, 1.807) is 26.0 Å². The summed E-state index contributed by atoms with van der Waals surface area (Å²) in [5.41, 5.74) is -2.16. The number of rotatable bonds is 6. The van der Waals surface area contributed by atoms with Crippen molar-refractivity contribution < 1.29 is 23.9 Å². The number of ketones is 1. The maximum atomic E-state index is 12.5. The molecule has 1 fully saturated rings. The Bertz CT molecular complexity index is 560. The quantitative estimate of drug-likeness (QED) is 0.681. The normalized spacial score (nSPS) is 21.2. The van der Waals surface area contributed by atoms with Crippen LogP contribution in [-0.4, -0.2) is 30.9 Å². The van der Waals surface area contributed by atoms with Crippen LogP contribution >= 0.6 is 0 Å². The number of Topliss-reactive ketones (excluding diaryl/α,β-unsaturated/α-hetero) is 1. The van der Waals surface area contributed by atoms with Gasteiger partial charge in [-0.15, -0.1) is 0 Å². The Morgan fingerprint density at radius 3 is 2.39 bits per heavy atom. The van der Waals surface area contributed by atoms with Gasteiger partial charge in [-0.3, -0.25) is 14.4 Å². The minimum Gasteiger partial charge on any atom is -0.465 e. The Balaban J connectivity index is 3.42. The molecule has 0 amide bonds. The molecule has 0 aliphatic heterocycles. The number of carbonyl (C=O) groups excluding carboxylic acids is 3. The number of hydrogen-bond acceptors (Lipinski definition) is 7. The van der Waals surface area contributed by atoms with Gasteiger partial charge in [-0.25, -0.2) is 0 Å². The van der Waals surface area contributed by atoms with Gasteiger partial charge >= 0.3 is 11.9 Å². The van der Waals surface area contributed by atoms with Crippen molar-refractivity contribution in [1.82, 2.24) is 0 Å². The lowest BCUT2D eigenvalue weighted by Crippen LogP contribution is -2.51. The van der Waals surface area contributed by atoms with Crippen molar-refractivity contribution in [3.63, 3.8) is 0 Å². The summed E-state index contributed by atoms with van der Waals surface area (Å²) in [6.45, 7) is 3.08. The molecule has 3 atom stereocenters. The van der Waals surface area contributed by atoms with E-state index in [1.165, 1.54) is 0 Å². The monoisotopic (exact) mass is 320 g/mol. The number of esters is 2. The van der Waals surface area contributed by atoms with E-state index in [0.29, 0.717) is 12.8 Å². The summed E-state index contributed by atoms with van der Waals surface area (Å²) in [7, 11) is 0. The van der Waals surface area contributed by atoms with E-state index in [9.17, 15) is 24.9 Å². The van der Waals surface area contributed by atoms with E-state index in [1.807, 2.05) is 0 Å². The first-order chi connectivity index (χ1) is 11.0. The molecule has 1 saturated carbocycles. The van der Waals surface area contributed by atoms with Crippen LogP contribution in [0.3, 0.4) is 0 Å². The van der Waals surface area contributed by atoms with Gasteiger partial charge < -0.3 is 9.47 Å². The van der Waals surface area contributed by atoms with Crippen LogP contribution in [0.15, 0.2) is 0 Å². The first kappa shape index (κ1) is 18.6. The lowest BCUT2D eigenvalue weighted by atomic mass is 9.62. The first-order valence-electron chi connectivity index (χ1n) is 7.66. The van der Waals surface area contributed by atoms with Crippen LogP contribution in [0.5, 0.6) is 0 Å². The van der Waals surface area contributed by atoms with Crippen LogP contribution in [0.1, 0.15) is 39.5 Å². The molecule has 0 saturated heterocycles. The highest BCUT2D eigenvalue weighted by Gasteiger charge is 2.60. The zero-order valence-electron chi connectivity index (χ0n) is 13.3. The maximum absolute atomic E-state index is 12.5. The van der Waals surface area contributed by atoms with Crippen molar-refractivity contribution in [3.8, 4) is 12.1 Å². The molecule has 0 aromatic heterocycles. The smallest absolute Gasteiger partial charge is 0.329 e. The van der Waals surface area contributed by atoms with Gasteiger partial charge in [-0.2, -0.15) is 10.5 Å². The summed E-state index contributed by atoms with van der Waals surface area (Å²) in [5.74, 6) is -5.02. The number of ether oxygens (including phenoxy) is 2. The van der Waals surface area contributed by atoms with E-state index in [2.05, 4.69) is 0 Å². The SMILES string of the molecule is CCOC(=O)[C@H](C#N)[C@](C#N)(C(=O)OCC)[C@@H]1CCCCC1=O. The van der Waals surface area contributed by atoms with Crippen LogP contribution in [0.4, 0.5) is 0 Å². The van der Waals surface area contributed by atoms with Crippen molar-refractivity contribution in [2.24, 2.45) is 17.3 Å². The van der Waals surface area contributed by atoms with E-state index in [4.69, 9.17) is 9.47 Å². The highest BCUT2D eigenvalue weighted by atomic mass is 16.5.